The van der Waals surface area contributed by atoms with Gasteiger partial charge in [0.25, 0.3) is 0 Å². The normalized spacial score (nSPS) is 10.9. The zero-order valence-electron chi connectivity index (χ0n) is 17.6. The number of anilines is 1. The quantitative estimate of drug-likeness (QED) is 0.359. The molecule has 0 bridgehead atoms. The van der Waals surface area contributed by atoms with Gasteiger partial charge >= 0.3 is 0 Å². The summed E-state index contributed by atoms with van der Waals surface area (Å²) in [5.74, 6) is 1.54. The van der Waals surface area contributed by atoms with Crippen molar-refractivity contribution in [1.82, 2.24) is 4.98 Å². The van der Waals surface area contributed by atoms with Crippen molar-refractivity contribution in [3.63, 3.8) is 0 Å². The van der Waals surface area contributed by atoms with Crippen LogP contribution in [0.5, 0.6) is 11.5 Å². The van der Waals surface area contributed by atoms with Crippen molar-refractivity contribution >= 4 is 44.2 Å². The summed E-state index contributed by atoms with van der Waals surface area (Å²) >= 11 is 7.63. The van der Waals surface area contributed by atoms with Crippen molar-refractivity contribution in [2.75, 3.05) is 18.5 Å². The third-order valence-electron chi connectivity index (χ3n) is 4.60. The topological polar surface area (TPSA) is 60.5 Å². The highest BCUT2D eigenvalue weighted by molar-refractivity contribution is 7.22. The summed E-state index contributed by atoms with van der Waals surface area (Å²) in [6.45, 7) is 7.21. The van der Waals surface area contributed by atoms with Gasteiger partial charge in [-0.2, -0.15) is 0 Å². The van der Waals surface area contributed by atoms with Crippen LogP contribution in [0, 0.1) is 13.8 Å². The van der Waals surface area contributed by atoms with Gasteiger partial charge in [-0.05, 0) is 68.1 Å². The van der Waals surface area contributed by atoms with Crippen LogP contribution in [0.25, 0.3) is 10.2 Å². The number of benzene rings is 2. The largest absolute Gasteiger partial charge is 0.494 e. The Hall–Kier alpha value is -2.31. The summed E-state index contributed by atoms with van der Waals surface area (Å²) in [6.07, 6.45) is 3.12. The second-order valence-corrected chi connectivity index (χ2v) is 8.63. The molecule has 1 amide bonds. The molecule has 0 spiro atoms. The number of hydrogen-bond donors (Lipinski definition) is 1. The van der Waals surface area contributed by atoms with Crippen molar-refractivity contribution < 1.29 is 14.3 Å². The number of halogens is 1. The van der Waals surface area contributed by atoms with E-state index in [9.17, 15) is 4.79 Å². The van der Waals surface area contributed by atoms with Gasteiger partial charge in [0, 0.05) is 11.4 Å². The molecule has 160 valence electrons. The first-order valence-electron chi connectivity index (χ1n) is 10.2. The monoisotopic (exact) mass is 446 g/mol. The number of amides is 1. The van der Waals surface area contributed by atoms with Gasteiger partial charge in [-0.15, -0.1) is 0 Å². The van der Waals surface area contributed by atoms with Crippen molar-refractivity contribution in [3.05, 3.63) is 46.5 Å². The van der Waals surface area contributed by atoms with Gasteiger partial charge in [0.1, 0.15) is 11.5 Å². The number of hydrogen-bond acceptors (Lipinski definition) is 5. The first kappa shape index (κ1) is 22.4. The van der Waals surface area contributed by atoms with E-state index in [1.54, 1.807) is 0 Å². The average Bonchev–Trinajstić information content (AvgIpc) is 3.11. The maximum atomic E-state index is 12.3. The van der Waals surface area contributed by atoms with Crippen LogP contribution in [0.4, 0.5) is 5.13 Å². The van der Waals surface area contributed by atoms with E-state index in [1.807, 2.05) is 44.2 Å². The van der Waals surface area contributed by atoms with Crippen LogP contribution in [0.15, 0.2) is 30.3 Å². The van der Waals surface area contributed by atoms with E-state index >= 15 is 0 Å². The van der Waals surface area contributed by atoms with E-state index in [1.165, 1.54) is 11.3 Å². The molecule has 0 radical (unpaired) electrons. The molecule has 1 heterocycles. The smallest absolute Gasteiger partial charge is 0.226 e. The lowest BCUT2D eigenvalue weighted by Gasteiger charge is -2.09. The molecule has 0 unspecified atom stereocenters. The number of carbonyl (C=O) groups is 1. The molecule has 0 fully saturated rings. The van der Waals surface area contributed by atoms with Crippen molar-refractivity contribution in [2.45, 2.75) is 46.5 Å². The van der Waals surface area contributed by atoms with Crippen LogP contribution in [0.2, 0.25) is 5.02 Å². The Bertz CT molecular complexity index is 996. The number of thiazole rings is 1. The summed E-state index contributed by atoms with van der Waals surface area (Å²) in [5.41, 5.74) is 2.83. The maximum absolute atomic E-state index is 12.3. The second-order valence-electron chi connectivity index (χ2n) is 7.22. The predicted molar refractivity (Wildman–Crippen MR) is 124 cm³/mol. The molecule has 0 aliphatic carbocycles. The van der Waals surface area contributed by atoms with Gasteiger partial charge in [0.05, 0.1) is 23.4 Å². The molecule has 3 aromatic rings. The zero-order valence-corrected chi connectivity index (χ0v) is 19.2. The summed E-state index contributed by atoms with van der Waals surface area (Å²) in [5, 5.41) is 4.25. The average molecular weight is 447 g/mol. The van der Waals surface area contributed by atoms with Crippen molar-refractivity contribution in [3.8, 4) is 11.5 Å². The highest BCUT2D eigenvalue weighted by Gasteiger charge is 2.09. The van der Waals surface area contributed by atoms with E-state index < -0.39 is 0 Å². The molecule has 30 heavy (non-hydrogen) atoms. The highest BCUT2D eigenvalue weighted by atomic mass is 35.5. The predicted octanol–water partition coefficient (Wildman–Crippen LogP) is 6.54. The number of fused-ring (bicyclic) bond motifs is 1. The molecule has 0 aliphatic rings. The van der Waals surface area contributed by atoms with E-state index in [2.05, 4.69) is 17.2 Å². The van der Waals surface area contributed by atoms with Crippen LogP contribution in [0.1, 0.15) is 43.7 Å². The molecule has 2 aromatic carbocycles. The Kier molecular flexibility index (Phi) is 7.94. The fraction of sp³-hybridized carbons (Fsp3) is 0.391. The maximum Gasteiger partial charge on any atom is 0.226 e. The Morgan fingerprint density at radius 3 is 2.50 bits per heavy atom. The molecule has 3 rings (SSSR count). The second kappa shape index (κ2) is 10.6. The van der Waals surface area contributed by atoms with Gasteiger partial charge in [-0.1, -0.05) is 36.3 Å². The van der Waals surface area contributed by atoms with Crippen LogP contribution in [-0.2, 0) is 4.79 Å². The standard InChI is InChI=1S/C23H27ClN2O3S/c1-4-5-10-28-17-8-9-19-20(14-17)30-23(25-19)26-21(27)7-6-11-29-18-12-15(2)22(24)16(3)13-18/h8-9,12-14H,4-7,10-11H2,1-3H3,(H,25,26,27). The Morgan fingerprint density at radius 1 is 1.07 bits per heavy atom. The summed E-state index contributed by atoms with van der Waals surface area (Å²) < 4.78 is 12.5. The molecule has 5 nitrogen and oxygen atoms in total. The number of aromatic nitrogens is 1. The van der Waals surface area contributed by atoms with E-state index in [-0.39, 0.29) is 5.91 Å². The summed E-state index contributed by atoms with van der Waals surface area (Å²) in [4.78, 5) is 16.7. The number of ether oxygens (including phenoxy) is 2. The molecule has 0 saturated heterocycles. The number of aryl methyl sites for hydroxylation is 2. The van der Waals surface area contributed by atoms with Crippen LogP contribution in [0.3, 0.4) is 0 Å². The Morgan fingerprint density at radius 2 is 1.77 bits per heavy atom. The molecule has 1 N–H and O–H groups in total. The van der Waals surface area contributed by atoms with E-state index in [4.69, 9.17) is 21.1 Å². The van der Waals surface area contributed by atoms with Gasteiger partial charge < -0.3 is 14.8 Å². The minimum absolute atomic E-state index is 0.0689. The van der Waals surface area contributed by atoms with Crippen molar-refractivity contribution in [2.24, 2.45) is 0 Å². The minimum atomic E-state index is -0.0689. The van der Waals surface area contributed by atoms with Gasteiger partial charge in [0.15, 0.2) is 5.13 Å². The molecule has 7 heteroatoms. The molecule has 0 saturated carbocycles. The Balaban J connectivity index is 1.47. The van der Waals surface area contributed by atoms with Gasteiger partial charge in [0.2, 0.25) is 5.91 Å². The highest BCUT2D eigenvalue weighted by Crippen LogP contribution is 2.29. The van der Waals surface area contributed by atoms with Crippen LogP contribution < -0.4 is 14.8 Å². The van der Waals surface area contributed by atoms with Gasteiger partial charge in [-0.25, -0.2) is 4.98 Å². The third kappa shape index (κ3) is 6.09. The lowest BCUT2D eigenvalue weighted by atomic mass is 10.1. The summed E-state index contributed by atoms with van der Waals surface area (Å²) in [6, 6.07) is 9.64. The molecule has 0 atom stereocenters. The number of nitrogens with one attached hydrogen (secondary N) is 1. The first-order chi connectivity index (χ1) is 14.5. The SMILES string of the molecule is CCCCOc1ccc2nc(NC(=O)CCCOc3cc(C)c(Cl)c(C)c3)sc2c1. The minimum Gasteiger partial charge on any atom is -0.494 e. The molecular formula is C23H27ClN2O3S. The summed E-state index contributed by atoms with van der Waals surface area (Å²) in [7, 11) is 0. The zero-order chi connectivity index (χ0) is 21.5. The molecule has 1 aromatic heterocycles. The van der Waals surface area contributed by atoms with E-state index in [0.717, 1.165) is 50.7 Å². The third-order valence-corrected chi connectivity index (χ3v) is 6.13. The van der Waals surface area contributed by atoms with Crippen molar-refractivity contribution in [1.29, 1.82) is 0 Å². The van der Waals surface area contributed by atoms with Gasteiger partial charge in [-0.3, -0.25) is 4.79 Å². The number of nitrogens with zero attached hydrogens (tertiary/aromatic N) is 1. The van der Waals surface area contributed by atoms with Crippen LogP contribution >= 0.6 is 22.9 Å². The fourth-order valence-corrected chi connectivity index (χ4v) is 4.00. The Labute approximate surface area is 186 Å². The lowest BCUT2D eigenvalue weighted by molar-refractivity contribution is -0.116. The fourth-order valence-electron chi connectivity index (χ4n) is 2.98. The molecular weight excluding hydrogens is 420 g/mol. The first-order valence-corrected chi connectivity index (χ1v) is 11.4. The molecule has 0 aliphatic heterocycles. The van der Waals surface area contributed by atoms with E-state index in [0.29, 0.717) is 31.2 Å². The number of carbonyl (C=O) groups excluding carboxylic acids is 1. The van der Waals surface area contributed by atoms with Crippen LogP contribution in [-0.4, -0.2) is 24.1 Å². The number of rotatable bonds is 10. The lowest BCUT2D eigenvalue weighted by Crippen LogP contribution is -2.12. The number of unbranched alkanes of at least 4 members (excludes halogenated alkanes) is 1.